The van der Waals surface area contributed by atoms with Gasteiger partial charge >= 0.3 is 6.09 Å². The van der Waals surface area contributed by atoms with Gasteiger partial charge in [-0.1, -0.05) is 12.2 Å². The second-order valence-corrected chi connectivity index (χ2v) is 6.42. The number of thiocarbonyl (C=S) groups is 1. The summed E-state index contributed by atoms with van der Waals surface area (Å²) < 4.78 is 5.41. The van der Waals surface area contributed by atoms with Gasteiger partial charge in [0.05, 0.1) is 5.70 Å². The average molecular weight is 300 g/mol. The molecular formula is C13H24N4O2S. The second-order valence-electron chi connectivity index (χ2n) is 5.95. The van der Waals surface area contributed by atoms with Crippen molar-refractivity contribution in [3.8, 4) is 0 Å². The third-order valence-corrected chi connectivity index (χ3v) is 2.81. The molecule has 20 heavy (non-hydrogen) atoms. The molecule has 3 N–H and O–H groups in total. The summed E-state index contributed by atoms with van der Waals surface area (Å²) >= 11 is 5.11. The highest BCUT2D eigenvalue weighted by Gasteiger charge is 2.35. The summed E-state index contributed by atoms with van der Waals surface area (Å²) in [5, 5.41) is 3.23. The lowest BCUT2D eigenvalue weighted by atomic mass is 10.1. The first-order valence-corrected chi connectivity index (χ1v) is 6.93. The van der Waals surface area contributed by atoms with E-state index in [1.54, 1.807) is 4.90 Å². The first-order chi connectivity index (χ1) is 9.11. The Labute approximate surface area is 125 Å². The molecule has 1 rings (SSSR count). The summed E-state index contributed by atoms with van der Waals surface area (Å²) in [6.45, 7) is 6.64. The van der Waals surface area contributed by atoms with Gasteiger partial charge in [-0.05, 0) is 20.8 Å². The van der Waals surface area contributed by atoms with Gasteiger partial charge in [0.15, 0.2) is 0 Å². The lowest BCUT2D eigenvalue weighted by Crippen LogP contribution is -2.57. The van der Waals surface area contributed by atoms with E-state index in [4.69, 9.17) is 22.7 Å². The van der Waals surface area contributed by atoms with Gasteiger partial charge in [0.1, 0.15) is 16.6 Å². The van der Waals surface area contributed by atoms with Gasteiger partial charge in [-0.15, -0.1) is 0 Å². The van der Waals surface area contributed by atoms with E-state index in [9.17, 15) is 4.79 Å². The Kier molecular flexibility index (Phi) is 5.21. The highest BCUT2D eigenvalue weighted by Crippen LogP contribution is 2.18. The van der Waals surface area contributed by atoms with E-state index < -0.39 is 17.7 Å². The fraction of sp³-hybridized carbons (Fsp3) is 0.692. The largest absolute Gasteiger partial charge is 0.444 e. The smallest absolute Gasteiger partial charge is 0.411 e. The van der Waals surface area contributed by atoms with Gasteiger partial charge in [-0.25, -0.2) is 4.79 Å². The molecule has 0 aliphatic carbocycles. The minimum absolute atomic E-state index is 0.246. The second kappa shape index (κ2) is 6.30. The van der Waals surface area contributed by atoms with Gasteiger partial charge in [-0.2, -0.15) is 0 Å². The van der Waals surface area contributed by atoms with Crippen LogP contribution in [0.2, 0.25) is 0 Å². The number of hydrogen-bond donors (Lipinski definition) is 2. The average Bonchev–Trinajstić information content (AvgIpc) is 2.24. The maximum Gasteiger partial charge on any atom is 0.411 e. The third-order valence-electron chi connectivity index (χ3n) is 2.58. The Morgan fingerprint density at radius 3 is 2.60 bits per heavy atom. The highest BCUT2D eigenvalue weighted by molar-refractivity contribution is 7.80. The van der Waals surface area contributed by atoms with Crippen LogP contribution < -0.4 is 11.1 Å². The molecule has 0 spiro atoms. The number of rotatable bonds is 2. The molecule has 1 fully saturated rings. The summed E-state index contributed by atoms with van der Waals surface area (Å²) in [4.78, 5) is 16.0. The van der Waals surface area contributed by atoms with Crippen molar-refractivity contribution in [3.63, 3.8) is 0 Å². The monoisotopic (exact) mass is 300 g/mol. The summed E-state index contributed by atoms with van der Waals surface area (Å²) in [5.74, 6) is 0. The maximum absolute atomic E-state index is 12.3. The van der Waals surface area contributed by atoms with Crippen LogP contribution in [0.3, 0.4) is 0 Å². The van der Waals surface area contributed by atoms with E-state index in [1.165, 1.54) is 0 Å². The standard InChI is InChI=1S/C13H24N4O2S/c1-13(2,3)19-12(18)17-7-6-15-9(8-16(4)5)10(17)11(14)20/h8,10,15H,6-7H2,1-5H3,(H2,14,20). The van der Waals surface area contributed by atoms with Crippen molar-refractivity contribution in [2.75, 3.05) is 27.2 Å². The van der Waals surface area contributed by atoms with Crippen molar-refractivity contribution in [1.82, 2.24) is 15.1 Å². The Bertz CT molecular complexity index is 415. The van der Waals surface area contributed by atoms with Crippen molar-refractivity contribution in [3.05, 3.63) is 11.9 Å². The van der Waals surface area contributed by atoms with Crippen molar-refractivity contribution in [1.29, 1.82) is 0 Å². The molecule has 1 saturated heterocycles. The Hall–Kier alpha value is -1.50. The normalized spacial score (nSPS) is 21.4. The minimum Gasteiger partial charge on any atom is -0.444 e. The molecule has 1 atom stereocenters. The number of amides is 1. The van der Waals surface area contributed by atoms with Crippen molar-refractivity contribution in [2.45, 2.75) is 32.4 Å². The fourth-order valence-electron chi connectivity index (χ4n) is 1.93. The molecular weight excluding hydrogens is 276 g/mol. The van der Waals surface area contributed by atoms with Crippen molar-refractivity contribution < 1.29 is 9.53 Å². The van der Waals surface area contributed by atoms with E-state index >= 15 is 0 Å². The molecule has 1 amide bonds. The van der Waals surface area contributed by atoms with Crippen molar-refractivity contribution >= 4 is 23.3 Å². The molecule has 0 aromatic heterocycles. The molecule has 0 aromatic rings. The molecule has 0 bridgehead atoms. The number of carbonyl (C=O) groups is 1. The van der Waals surface area contributed by atoms with E-state index in [0.717, 1.165) is 5.70 Å². The zero-order valence-electron chi connectivity index (χ0n) is 12.8. The molecule has 1 aliphatic rings. The van der Waals surface area contributed by atoms with Crippen LogP contribution in [0.25, 0.3) is 0 Å². The number of ether oxygens (including phenoxy) is 1. The molecule has 0 radical (unpaired) electrons. The molecule has 1 aliphatic heterocycles. The quantitative estimate of drug-likeness (QED) is 0.738. The number of carbonyl (C=O) groups excluding carboxylic acids is 1. The number of nitrogens with zero attached hydrogens (tertiary/aromatic N) is 2. The van der Waals surface area contributed by atoms with Crippen LogP contribution in [-0.4, -0.2) is 59.7 Å². The van der Waals surface area contributed by atoms with Crippen LogP contribution in [0.5, 0.6) is 0 Å². The number of piperazine rings is 1. The highest BCUT2D eigenvalue weighted by atomic mass is 32.1. The Balaban J connectivity index is 2.99. The summed E-state index contributed by atoms with van der Waals surface area (Å²) in [7, 11) is 3.80. The van der Waals surface area contributed by atoms with E-state index in [-0.39, 0.29) is 4.99 Å². The van der Waals surface area contributed by atoms with Gasteiger partial charge in [0.25, 0.3) is 0 Å². The van der Waals surface area contributed by atoms with Crippen LogP contribution in [-0.2, 0) is 4.74 Å². The van der Waals surface area contributed by atoms with Gasteiger partial charge < -0.3 is 20.7 Å². The van der Waals surface area contributed by atoms with Crippen LogP contribution in [0.4, 0.5) is 4.79 Å². The topological polar surface area (TPSA) is 70.8 Å². The Morgan fingerprint density at radius 2 is 2.15 bits per heavy atom. The van der Waals surface area contributed by atoms with E-state index in [0.29, 0.717) is 13.1 Å². The molecule has 1 heterocycles. The van der Waals surface area contributed by atoms with Gasteiger partial charge in [0, 0.05) is 33.4 Å². The molecule has 1 unspecified atom stereocenters. The molecule has 6 nitrogen and oxygen atoms in total. The van der Waals surface area contributed by atoms with Crippen LogP contribution in [0.1, 0.15) is 20.8 Å². The summed E-state index contributed by atoms with van der Waals surface area (Å²) in [6.07, 6.45) is 1.47. The number of nitrogens with two attached hydrogens (primary N) is 1. The van der Waals surface area contributed by atoms with E-state index in [2.05, 4.69) is 5.32 Å². The van der Waals surface area contributed by atoms with Crippen molar-refractivity contribution in [2.24, 2.45) is 5.73 Å². The molecule has 7 heteroatoms. The maximum atomic E-state index is 12.3. The Morgan fingerprint density at radius 1 is 1.55 bits per heavy atom. The number of hydrogen-bond acceptors (Lipinski definition) is 5. The minimum atomic E-state index is -0.547. The lowest BCUT2D eigenvalue weighted by molar-refractivity contribution is 0.0210. The molecule has 114 valence electrons. The zero-order chi connectivity index (χ0) is 15.5. The lowest BCUT2D eigenvalue weighted by Gasteiger charge is -2.38. The van der Waals surface area contributed by atoms with Crippen LogP contribution >= 0.6 is 12.2 Å². The first kappa shape index (κ1) is 16.6. The SMILES string of the molecule is CN(C)C=C1NCCN(C(=O)OC(C)(C)C)C1C(N)=S. The van der Waals surface area contributed by atoms with Gasteiger partial charge in [0.2, 0.25) is 0 Å². The molecule has 0 aromatic carbocycles. The van der Waals surface area contributed by atoms with Crippen LogP contribution in [0, 0.1) is 0 Å². The summed E-state index contributed by atoms with van der Waals surface area (Å²) in [5.41, 5.74) is 6.07. The first-order valence-electron chi connectivity index (χ1n) is 6.53. The van der Waals surface area contributed by atoms with Gasteiger partial charge in [-0.3, -0.25) is 4.90 Å². The van der Waals surface area contributed by atoms with Crippen LogP contribution in [0.15, 0.2) is 11.9 Å². The molecule has 0 saturated carbocycles. The predicted octanol–water partition coefficient (Wildman–Crippen LogP) is 0.884. The predicted molar refractivity (Wildman–Crippen MR) is 83.3 cm³/mol. The zero-order valence-corrected chi connectivity index (χ0v) is 13.6. The summed E-state index contributed by atoms with van der Waals surface area (Å²) in [6, 6.07) is -0.462. The van der Waals surface area contributed by atoms with E-state index in [1.807, 2.05) is 46.0 Å². The third kappa shape index (κ3) is 4.56. The number of nitrogens with one attached hydrogen (secondary N) is 1. The fourth-order valence-corrected chi connectivity index (χ4v) is 2.19.